The van der Waals surface area contributed by atoms with Crippen LogP contribution < -0.4 is 5.32 Å². The summed E-state index contributed by atoms with van der Waals surface area (Å²) in [6, 6.07) is 2.96. The van der Waals surface area contributed by atoms with Crippen LogP contribution in [-0.2, 0) is 0 Å². The Labute approximate surface area is 129 Å². The molecule has 0 aliphatic heterocycles. The first-order valence-corrected chi connectivity index (χ1v) is 8.84. The maximum atomic E-state index is 9.64. The molecule has 2 saturated carbocycles. The molecule has 2 aliphatic carbocycles. The summed E-state index contributed by atoms with van der Waals surface area (Å²) in [6.07, 6.45) is 7.14. The van der Waals surface area contributed by atoms with Crippen LogP contribution in [0.2, 0.25) is 0 Å². The van der Waals surface area contributed by atoms with E-state index in [-0.39, 0.29) is 0 Å². The molecule has 1 atom stereocenters. The predicted molar refractivity (Wildman–Crippen MR) is 80.8 cm³/mol. The Morgan fingerprint density at radius 3 is 2.76 bits per heavy atom. The molecule has 2 aliphatic rings. The van der Waals surface area contributed by atoms with E-state index in [9.17, 15) is 5.26 Å². The highest BCUT2D eigenvalue weighted by atomic mass is 32.2. The van der Waals surface area contributed by atoms with Crippen molar-refractivity contribution in [1.29, 1.82) is 5.26 Å². The van der Waals surface area contributed by atoms with Crippen molar-refractivity contribution < 1.29 is 0 Å². The van der Waals surface area contributed by atoms with Gasteiger partial charge in [-0.1, -0.05) is 31.5 Å². The Hall–Kier alpha value is -1.13. The molecule has 6 nitrogen and oxygen atoms in total. The SMILES string of the molecule is CCNC(C#N)(CSc1nnnn1C1CCCC1)C1CC1. The first kappa shape index (κ1) is 14.8. The Morgan fingerprint density at radius 2 is 2.14 bits per heavy atom. The van der Waals surface area contributed by atoms with Crippen LogP contribution in [0.1, 0.15) is 51.5 Å². The Balaban J connectivity index is 1.69. The van der Waals surface area contributed by atoms with Gasteiger partial charge in [-0.15, -0.1) is 5.10 Å². The first-order chi connectivity index (χ1) is 10.3. The van der Waals surface area contributed by atoms with Gasteiger partial charge in [0.15, 0.2) is 0 Å². The zero-order valence-corrected chi connectivity index (χ0v) is 13.3. The van der Waals surface area contributed by atoms with Crippen molar-refractivity contribution in [3.05, 3.63) is 0 Å². The highest BCUT2D eigenvalue weighted by Crippen LogP contribution is 2.42. The second-order valence-corrected chi connectivity index (χ2v) is 6.96. The van der Waals surface area contributed by atoms with Crippen molar-refractivity contribution >= 4 is 11.8 Å². The van der Waals surface area contributed by atoms with Gasteiger partial charge in [-0.05, 0) is 48.6 Å². The molecule has 0 saturated heterocycles. The second-order valence-electron chi connectivity index (χ2n) is 6.02. The minimum Gasteiger partial charge on any atom is -0.299 e. The lowest BCUT2D eigenvalue weighted by Gasteiger charge is -2.27. The van der Waals surface area contributed by atoms with Crippen LogP contribution >= 0.6 is 11.8 Å². The van der Waals surface area contributed by atoms with Gasteiger partial charge >= 0.3 is 0 Å². The maximum Gasteiger partial charge on any atom is 0.209 e. The van der Waals surface area contributed by atoms with E-state index in [2.05, 4.69) is 33.8 Å². The van der Waals surface area contributed by atoms with Crippen molar-refractivity contribution in [3.63, 3.8) is 0 Å². The third-order valence-electron chi connectivity index (χ3n) is 4.53. The number of nitriles is 1. The Kier molecular flexibility index (Phi) is 4.45. The van der Waals surface area contributed by atoms with Crippen molar-refractivity contribution in [1.82, 2.24) is 25.5 Å². The van der Waals surface area contributed by atoms with Crippen LogP contribution in [0, 0.1) is 17.2 Å². The molecule has 7 heteroatoms. The maximum absolute atomic E-state index is 9.64. The van der Waals surface area contributed by atoms with Crippen LogP contribution in [0.25, 0.3) is 0 Å². The van der Waals surface area contributed by atoms with E-state index >= 15 is 0 Å². The van der Waals surface area contributed by atoms with E-state index in [1.54, 1.807) is 11.8 Å². The van der Waals surface area contributed by atoms with Gasteiger partial charge in [0.25, 0.3) is 0 Å². The van der Waals surface area contributed by atoms with E-state index in [1.807, 2.05) is 4.68 Å². The van der Waals surface area contributed by atoms with Crippen molar-refractivity contribution in [2.24, 2.45) is 5.92 Å². The lowest BCUT2D eigenvalue weighted by Crippen LogP contribution is -2.48. The quantitative estimate of drug-likeness (QED) is 0.778. The molecule has 1 N–H and O–H groups in total. The van der Waals surface area contributed by atoms with Crippen molar-refractivity contribution in [3.8, 4) is 6.07 Å². The number of nitrogens with one attached hydrogen (secondary N) is 1. The standard InChI is InChI=1S/C14H22N6S/c1-2-16-14(9-15,11-7-8-11)10-21-13-17-18-19-20(13)12-5-3-4-6-12/h11-12,16H,2-8,10H2,1H3. The first-order valence-electron chi connectivity index (χ1n) is 7.86. The van der Waals surface area contributed by atoms with Crippen molar-refractivity contribution in [2.45, 2.75) is 62.2 Å². The molecule has 1 unspecified atom stereocenters. The van der Waals surface area contributed by atoms with E-state index < -0.39 is 5.54 Å². The molecule has 0 amide bonds. The fourth-order valence-electron chi connectivity index (χ4n) is 3.20. The third kappa shape index (κ3) is 3.06. The third-order valence-corrected chi connectivity index (χ3v) is 5.65. The summed E-state index contributed by atoms with van der Waals surface area (Å²) in [4.78, 5) is 0. The topological polar surface area (TPSA) is 79.4 Å². The molecule has 2 fully saturated rings. The van der Waals surface area contributed by atoms with Crippen LogP contribution in [0.15, 0.2) is 5.16 Å². The van der Waals surface area contributed by atoms with Gasteiger partial charge in [0.05, 0.1) is 12.1 Å². The van der Waals surface area contributed by atoms with E-state index in [0.717, 1.165) is 43.1 Å². The molecule has 1 aromatic heterocycles. The number of tetrazole rings is 1. The summed E-state index contributed by atoms with van der Waals surface area (Å²) in [7, 11) is 0. The number of rotatable bonds is 7. The summed E-state index contributed by atoms with van der Waals surface area (Å²) in [6.45, 7) is 2.87. The van der Waals surface area contributed by atoms with Gasteiger partial charge in [0.2, 0.25) is 5.16 Å². The zero-order valence-electron chi connectivity index (χ0n) is 12.5. The molecule has 21 heavy (non-hydrogen) atoms. The van der Waals surface area contributed by atoms with Crippen LogP contribution in [0.5, 0.6) is 0 Å². The molecule has 0 radical (unpaired) electrons. The number of hydrogen-bond acceptors (Lipinski definition) is 6. The highest BCUT2D eigenvalue weighted by molar-refractivity contribution is 7.99. The summed E-state index contributed by atoms with van der Waals surface area (Å²) in [5, 5.41) is 26.1. The van der Waals surface area contributed by atoms with Gasteiger partial charge in [-0.3, -0.25) is 5.32 Å². The summed E-state index contributed by atoms with van der Waals surface area (Å²) in [5.41, 5.74) is -0.425. The number of thioether (sulfide) groups is 1. The molecule has 0 aromatic carbocycles. The fraction of sp³-hybridized carbons (Fsp3) is 0.857. The number of aromatic nitrogens is 4. The van der Waals surface area contributed by atoms with Gasteiger partial charge in [-0.25, -0.2) is 4.68 Å². The van der Waals surface area contributed by atoms with Gasteiger partial charge in [0, 0.05) is 5.75 Å². The van der Waals surface area contributed by atoms with E-state index in [0.29, 0.717) is 12.0 Å². The number of hydrogen-bond donors (Lipinski definition) is 1. The molecule has 1 heterocycles. The Morgan fingerprint density at radius 1 is 1.38 bits per heavy atom. The molecule has 1 aromatic rings. The van der Waals surface area contributed by atoms with Gasteiger partial charge in [-0.2, -0.15) is 5.26 Å². The summed E-state index contributed by atoms with van der Waals surface area (Å²) >= 11 is 1.62. The minimum absolute atomic E-state index is 0.425. The van der Waals surface area contributed by atoms with E-state index in [4.69, 9.17) is 0 Å². The summed E-state index contributed by atoms with van der Waals surface area (Å²) in [5.74, 6) is 1.19. The highest BCUT2D eigenvalue weighted by Gasteiger charge is 2.45. The van der Waals surface area contributed by atoms with Crippen molar-refractivity contribution in [2.75, 3.05) is 12.3 Å². The molecule has 3 rings (SSSR count). The smallest absolute Gasteiger partial charge is 0.209 e. The molecular weight excluding hydrogens is 284 g/mol. The second kappa shape index (κ2) is 6.32. The zero-order chi connectivity index (χ0) is 14.7. The lowest BCUT2D eigenvalue weighted by atomic mass is 9.98. The molecule has 114 valence electrons. The van der Waals surface area contributed by atoms with Crippen LogP contribution in [0.4, 0.5) is 0 Å². The minimum atomic E-state index is -0.425. The van der Waals surface area contributed by atoms with Crippen LogP contribution in [0.3, 0.4) is 0 Å². The van der Waals surface area contributed by atoms with Gasteiger partial charge in [0.1, 0.15) is 5.54 Å². The molecule has 0 spiro atoms. The number of nitrogens with zero attached hydrogens (tertiary/aromatic N) is 5. The van der Waals surface area contributed by atoms with E-state index in [1.165, 1.54) is 12.8 Å². The van der Waals surface area contributed by atoms with Crippen LogP contribution in [-0.4, -0.2) is 38.0 Å². The Bertz CT molecular complexity index is 514. The average Bonchev–Trinajstić information content (AvgIpc) is 3.03. The lowest BCUT2D eigenvalue weighted by molar-refractivity contribution is 0.410. The molecular formula is C14H22N6S. The fourth-order valence-corrected chi connectivity index (χ4v) is 4.38. The largest absolute Gasteiger partial charge is 0.299 e. The summed E-state index contributed by atoms with van der Waals surface area (Å²) < 4.78 is 1.97. The van der Waals surface area contributed by atoms with Gasteiger partial charge < -0.3 is 0 Å². The predicted octanol–water partition coefficient (Wildman–Crippen LogP) is 2.16. The monoisotopic (exact) mass is 306 g/mol. The normalized spacial score (nSPS) is 22.1. The molecule has 0 bridgehead atoms. The average molecular weight is 306 g/mol.